The van der Waals surface area contributed by atoms with Crippen molar-refractivity contribution in [2.45, 2.75) is 31.7 Å². The molecule has 1 aromatic carbocycles. The zero-order valence-electron chi connectivity index (χ0n) is 19.0. The van der Waals surface area contributed by atoms with Crippen LogP contribution in [0.1, 0.15) is 36.0 Å². The van der Waals surface area contributed by atoms with Crippen molar-refractivity contribution in [3.8, 4) is 11.1 Å². The lowest BCUT2D eigenvalue weighted by Crippen LogP contribution is -2.39. The zero-order chi connectivity index (χ0) is 23.8. The fourth-order valence-electron chi connectivity index (χ4n) is 4.66. The van der Waals surface area contributed by atoms with E-state index in [1.54, 1.807) is 41.3 Å². The first-order chi connectivity index (χ1) is 16.4. The number of hydrogen-bond donors (Lipinski definition) is 1. The molecule has 0 atom stereocenters. The second kappa shape index (κ2) is 8.74. The summed E-state index contributed by atoms with van der Waals surface area (Å²) in [5.74, 6) is -0.585. The lowest BCUT2D eigenvalue weighted by atomic mass is 9.86. The highest BCUT2D eigenvalue weighted by Crippen LogP contribution is 2.26. The van der Waals surface area contributed by atoms with E-state index in [9.17, 15) is 14.4 Å². The first-order valence-electron chi connectivity index (χ1n) is 11.3. The van der Waals surface area contributed by atoms with Crippen molar-refractivity contribution in [3.63, 3.8) is 0 Å². The number of pyridine rings is 1. The Balaban J connectivity index is 1.45. The van der Waals surface area contributed by atoms with Crippen LogP contribution in [0.25, 0.3) is 27.7 Å². The molecule has 0 saturated heterocycles. The van der Waals surface area contributed by atoms with Crippen LogP contribution in [0.4, 0.5) is 0 Å². The van der Waals surface area contributed by atoms with E-state index >= 15 is 0 Å². The van der Waals surface area contributed by atoms with Crippen LogP contribution >= 0.6 is 0 Å². The van der Waals surface area contributed by atoms with Gasteiger partial charge in [0, 0.05) is 31.0 Å². The number of nitrogens with one attached hydrogen (secondary N) is 1. The lowest BCUT2D eigenvalue weighted by Gasteiger charge is -2.27. The number of benzene rings is 1. The van der Waals surface area contributed by atoms with E-state index in [0.29, 0.717) is 47.8 Å². The van der Waals surface area contributed by atoms with Crippen LogP contribution in [0.3, 0.4) is 0 Å². The minimum absolute atomic E-state index is 0.0390. The van der Waals surface area contributed by atoms with Gasteiger partial charge in [0.2, 0.25) is 0 Å². The maximum absolute atomic E-state index is 13.3. The minimum atomic E-state index is -0.280. The van der Waals surface area contributed by atoms with Gasteiger partial charge in [-0.15, -0.1) is 0 Å². The molecule has 0 bridgehead atoms. The predicted octanol–water partition coefficient (Wildman–Crippen LogP) is 2.71. The van der Waals surface area contributed by atoms with E-state index in [4.69, 9.17) is 4.74 Å². The smallest absolute Gasteiger partial charge is 0.308 e. The predicted molar refractivity (Wildman–Crippen MR) is 126 cm³/mol. The van der Waals surface area contributed by atoms with E-state index < -0.39 is 0 Å². The van der Waals surface area contributed by atoms with Crippen molar-refractivity contribution < 1.29 is 14.3 Å². The van der Waals surface area contributed by atoms with Crippen LogP contribution in [0.15, 0.2) is 53.7 Å². The molecule has 174 valence electrons. The van der Waals surface area contributed by atoms with Gasteiger partial charge in [-0.25, -0.2) is 4.98 Å². The highest BCUT2D eigenvalue weighted by Gasteiger charge is 2.28. The Morgan fingerprint density at radius 1 is 1.12 bits per heavy atom. The van der Waals surface area contributed by atoms with Gasteiger partial charge < -0.3 is 10.1 Å². The molecular weight excluding hydrogens is 434 g/mol. The second-order valence-corrected chi connectivity index (χ2v) is 8.71. The molecule has 9 heteroatoms. The third-order valence-corrected chi connectivity index (χ3v) is 6.52. The van der Waals surface area contributed by atoms with Gasteiger partial charge in [0.25, 0.3) is 11.5 Å². The van der Waals surface area contributed by atoms with Crippen LogP contribution in [0.5, 0.6) is 0 Å². The van der Waals surface area contributed by atoms with Gasteiger partial charge in [-0.2, -0.15) is 5.10 Å². The summed E-state index contributed by atoms with van der Waals surface area (Å²) in [4.78, 5) is 42.8. The quantitative estimate of drug-likeness (QED) is 0.371. The van der Waals surface area contributed by atoms with Crippen LogP contribution in [-0.2, 0) is 16.6 Å². The standard InChI is InChI=1S/C25H25N5O4/c1-29-14-17(13-26-29)16-7-10-21-20(12-16)24(32)30-11-3-4-19(22(30)28-21)23(31)27-18-8-5-15(6-9-18)25(33)34-2/h3-4,7,10-15,18H,5-6,8-9H2,1-2H3,(H,27,31). The van der Waals surface area contributed by atoms with E-state index in [-0.39, 0.29) is 29.4 Å². The van der Waals surface area contributed by atoms with Gasteiger partial charge in [-0.3, -0.25) is 23.5 Å². The number of carbonyl (C=O) groups is 2. The number of aromatic nitrogens is 4. The molecule has 1 N–H and O–H groups in total. The Morgan fingerprint density at radius 3 is 2.62 bits per heavy atom. The van der Waals surface area contributed by atoms with Gasteiger partial charge in [0.1, 0.15) is 0 Å². The fourth-order valence-corrected chi connectivity index (χ4v) is 4.66. The molecule has 0 unspecified atom stereocenters. The van der Waals surface area contributed by atoms with Crippen molar-refractivity contribution in [3.05, 3.63) is 64.8 Å². The van der Waals surface area contributed by atoms with E-state index in [1.165, 1.54) is 11.5 Å². The molecule has 1 saturated carbocycles. The van der Waals surface area contributed by atoms with Crippen molar-refractivity contribution in [1.82, 2.24) is 24.5 Å². The number of carbonyl (C=O) groups excluding carboxylic acids is 2. The number of esters is 1. The maximum atomic E-state index is 13.3. The molecule has 5 rings (SSSR count). The van der Waals surface area contributed by atoms with Crippen LogP contribution < -0.4 is 10.9 Å². The Labute approximate surface area is 195 Å². The number of nitrogens with zero attached hydrogens (tertiary/aromatic N) is 4. The largest absolute Gasteiger partial charge is 0.469 e. The van der Waals surface area contributed by atoms with Gasteiger partial charge in [0.15, 0.2) is 5.65 Å². The second-order valence-electron chi connectivity index (χ2n) is 8.71. The number of hydrogen-bond acceptors (Lipinski definition) is 6. The first-order valence-corrected chi connectivity index (χ1v) is 11.3. The van der Waals surface area contributed by atoms with Crippen molar-refractivity contribution in [1.29, 1.82) is 0 Å². The highest BCUT2D eigenvalue weighted by molar-refractivity contribution is 6.01. The molecule has 1 amide bonds. The molecule has 1 fully saturated rings. The Bertz CT molecular complexity index is 1460. The van der Waals surface area contributed by atoms with Crippen molar-refractivity contribution >= 4 is 28.4 Å². The average molecular weight is 460 g/mol. The summed E-state index contributed by atoms with van der Waals surface area (Å²) in [6.45, 7) is 0. The zero-order valence-corrected chi connectivity index (χ0v) is 19.0. The third kappa shape index (κ3) is 3.93. The molecule has 1 aliphatic carbocycles. The van der Waals surface area contributed by atoms with Crippen molar-refractivity contribution in [2.24, 2.45) is 13.0 Å². The third-order valence-electron chi connectivity index (χ3n) is 6.52. The van der Waals surface area contributed by atoms with Gasteiger partial charge >= 0.3 is 5.97 Å². The van der Waals surface area contributed by atoms with Gasteiger partial charge in [-0.1, -0.05) is 6.07 Å². The van der Waals surface area contributed by atoms with Crippen molar-refractivity contribution in [2.75, 3.05) is 7.11 Å². The monoisotopic (exact) mass is 459 g/mol. The van der Waals surface area contributed by atoms with Gasteiger partial charge in [-0.05, 0) is 55.5 Å². The molecule has 0 spiro atoms. The van der Waals surface area contributed by atoms with E-state index in [1.807, 2.05) is 19.3 Å². The highest BCUT2D eigenvalue weighted by atomic mass is 16.5. The van der Waals surface area contributed by atoms with E-state index in [2.05, 4.69) is 15.4 Å². The lowest BCUT2D eigenvalue weighted by molar-refractivity contribution is -0.146. The summed E-state index contributed by atoms with van der Waals surface area (Å²) in [6, 6.07) is 8.80. The molecule has 9 nitrogen and oxygen atoms in total. The summed E-state index contributed by atoms with van der Waals surface area (Å²) in [5.41, 5.74) is 2.72. The first kappa shape index (κ1) is 21.8. The number of ether oxygens (including phenoxy) is 1. The number of amides is 1. The summed E-state index contributed by atoms with van der Waals surface area (Å²) in [7, 11) is 3.24. The normalized spacial score (nSPS) is 18.2. The SMILES string of the molecule is COC(=O)C1CCC(NC(=O)c2cccn3c(=O)c4cc(-c5cnn(C)c5)ccc4nc23)CC1. The van der Waals surface area contributed by atoms with Gasteiger partial charge in [0.05, 0.1) is 35.7 Å². The molecule has 0 aliphatic heterocycles. The summed E-state index contributed by atoms with van der Waals surface area (Å²) in [5, 5.41) is 7.71. The molecule has 3 aromatic heterocycles. The number of aryl methyl sites for hydroxylation is 1. The molecule has 0 radical (unpaired) electrons. The Morgan fingerprint density at radius 2 is 1.91 bits per heavy atom. The summed E-state index contributed by atoms with van der Waals surface area (Å²) in [6.07, 6.45) is 8.00. The summed E-state index contributed by atoms with van der Waals surface area (Å²) < 4.78 is 7.95. The minimum Gasteiger partial charge on any atom is -0.469 e. The van der Waals surface area contributed by atoms with Crippen LogP contribution in [0, 0.1) is 5.92 Å². The van der Waals surface area contributed by atoms with Crippen LogP contribution in [-0.4, -0.2) is 44.2 Å². The fraction of sp³-hybridized carbons (Fsp3) is 0.320. The molecule has 4 aromatic rings. The maximum Gasteiger partial charge on any atom is 0.308 e. The molecule has 34 heavy (non-hydrogen) atoms. The summed E-state index contributed by atoms with van der Waals surface area (Å²) >= 11 is 0. The molecule has 1 aliphatic rings. The van der Waals surface area contributed by atoms with E-state index in [0.717, 1.165) is 11.1 Å². The topological polar surface area (TPSA) is 108 Å². The Hall–Kier alpha value is -4.01. The molecular formula is C25H25N5O4. The average Bonchev–Trinajstić information content (AvgIpc) is 3.30. The van der Waals surface area contributed by atoms with Crippen LogP contribution in [0.2, 0.25) is 0 Å². The number of rotatable bonds is 4. The number of fused-ring (bicyclic) bond motifs is 2. The Kier molecular flexibility index (Phi) is 5.61. The molecule has 3 heterocycles. The number of methoxy groups -OCH3 is 1.